The van der Waals surface area contributed by atoms with Gasteiger partial charge < -0.3 is 15.2 Å². The number of aliphatic hydroxyl groups is 1. The number of nitrogens with zero attached hydrogens (tertiary/aromatic N) is 3. The van der Waals surface area contributed by atoms with Gasteiger partial charge in [-0.2, -0.15) is 15.1 Å². The van der Waals surface area contributed by atoms with Gasteiger partial charge in [-0.1, -0.05) is 0 Å². The molecule has 0 aliphatic rings. The summed E-state index contributed by atoms with van der Waals surface area (Å²) in [7, 11) is 0. The van der Waals surface area contributed by atoms with Crippen LogP contribution < -0.4 is 10.1 Å². The summed E-state index contributed by atoms with van der Waals surface area (Å²) in [4.78, 5) is 8.26. The van der Waals surface area contributed by atoms with Crippen molar-refractivity contribution in [2.24, 2.45) is 0 Å². The molecule has 2 aromatic heterocycles. The molecule has 0 fully saturated rings. The van der Waals surface area contributed by atoms with E-state index < -0.39 is 28.9 Å². The first-order valence-electron chi connectivity index (χ1n) is 9.41. The van der Waals surface area contributed by atoms with E-state index >= 15 is 0 Å². The third kappa shape index (κ3) is 4.47. The Bertz CT molecular complexity index is 1300. The molecule has 0 aliphatic carbocycles. The molecule has 4 aromatic rings. The standard InChI is InChI=1S/C21H17F4N5O2/c1-21(2,31)9-26-18-16-17(12-7-10(22)3-5-13(12)24)29-30-19(16)28-20(27-18)32-15-6-4-11(23)8-14(15)25/h3-8,31H,9H2,1-2H3,(H2,26,27,28,29,30). The maximum absolute atomic E-state index is 14.4. The third-order valence-electron chi connectivity index (χ3n) is 4.37. The predicted octanol–water partition coefficient (Wildman–Crippen LogP) is 4.55. The van der Waals surface area contributed by atoms with Gasteiger partial charge in [0, 0.05) is 18.2 Å². The number of anilines is 1. The quantitative estimate of drug-likeness (QED) is 0.376. The van der Waals surface area contributed by atoms with Crippen LogP contribution >= 0.6 is 0 Å². The number of hydrogen-bond acceptors (Lipinski definition) is 6. The third-order valence-corrected chi connectivity index (χ3v) is 4.37. The Morgan fingerprint density at radius 2 is 1.72 bits per heavy atom. The van der Waals surface area contributed by atoms with Crippen LogP contribution in [0.4, 0.5) is 23.4 Å². The van der Waals surface area contributed by atoms with E-state index in [1.54, 1.807) is 13.8 Å². The van der Waals surface area contributed by atoms with E-state index in [-0.39, 0.29) is 46.4 Å². The number of benzene rings is 2. The Labute approximate surface area is 179 Å². The van der Waals surface area contributed by atoms with Gasteiger partial charge in [0.05, 0.1) is 16.7 Å². The van der Waals surface area contributed by atoms with Crippen LogP contribution in [0.15, 0.2) is 36.4 Å². The molecule has 2 heterocycles. The van der Waals surface area contributed by atoms with E-state index in [2.05, 4.69) is 25.5 Å². The molecule has 0 spiro atoms. The summed E-state index contributed by atoms with van der Waals surface area (Å²) in [5, 5.41) is 19.8. The maximum Gasteiger partial charge on any atom is 0.326 e. The Morgan fingerprint density at radius 3 is 2.44 bits per heavy atom. The predicted molar refractivity (Wildman–Crippen MR) is 108 cm³/mol. The highest BCUT2D eigenvalue weighted by Crippen LogP contribution is 2.34. The van der Waals surface area contributed by atoms with Crippen LogP contribution in [0.25, 0.3) is 22.3 Å². The van der Waals surface area contributed by atoms with Gasteiger partial charge in [-0.3, -0.25) is 5.10 Å². The average molecular weight is 447 g/mol. The summed E-state index contributed by atoms with van der Waals surface area (Å²) < 4.78 is 60.7. The van der Waals surface area contributed by atoms with E-state index in [0.717, 1.165) is 30.3 Å². The Morgan fingerprint density at radius 1 is 1.00 bits per heavy atom. The fourth-order valence-corrected chi connectivity index (χ4v) is 2.92. The highest BCUT2D eigenvalue weighted by atomic mass is 19.1. The van der Waals surface area contributed by atoms with Crippen LogP contribution in [0.5, 0.6) is 11.8 Å². The van der Waals surface area contributed by atoms with Gasteiger partial charge in [-0.15, -0.1) is 0 Å². The Hall–Kier alpha value is -3.73. The summed E-state index contributed by atoms with van der Waals surface area (Å²) in [5.74, 6) is -3.38. The number of halogens is 4. The lowest BCUT2D eigenvalue weighted by Crippen LogP contribution is -2.29. The molecule has 0 amide bonds. The van der Waals surface area contributed by atoms with Crippen molar-refractivity contribution in [3.05, 3.63) is 59.7 Å². The van der Waals surface area contributed by atoms with E-state index in [4.69, 9.17) is 4.74 Å². The van der Waals surface area contributed by atoms with Gasteiger partial charge in [0.2, 0.25) is 0 Å². The molecule has 0 saturated carbocycles. The van der Waals surface area contributed by atoms with Crippen molar-refractivity contribution in [2.75, 3.05) is 11.9 Å². The second-order valence-corrected chi connectivity index (χ2v) is 7.62. The molecular formula is C21H17F4N5O2. The van der Waals surface area contributed by atoms with Gasteiger partial charge in [0.1, 0.15) is 23.3 Å². The normalized spacial score (nSPS) is 11.7. The molecule has 7 nitrogen and oxygen atoms in total. The zero-order chi connectivity index (χ0) is 23.0. The number of rotatable bonds is 6. The molecule has 0 unspecified atom stereocenters. The molecular weight excluding hydrogens is 430 g/mol. The number of nitrogens with one attached hydrogen (secondary N) is 2. The number of aromatic nitrogens is 4. The van der Waals surface area contributed by atoms with Crippen molar-refractivity contribution in [3.8, 4) is 23.0 Å². The second kappa shape index (κ2) is 8.08. The monoisotopic (exact) mass is 447 g/mol. The molecule has 2 aromatic carbocycles. The largest absolute Gasteiger partial charge is 0.421 e. The summed E-state index contributed by atoms with van der Waals surface area (Å²) in [6.07, 6.45) is 0. The van der Waals surface area contributed by atoms with Crippen LogP contribution in [0.3, 0.4) is 0 Å². The fourth-order valence-electron chi connectivity index (χ4n) is 2.92. The van der Waals surface area contributed by atoms with Crippen molar-refractivity contribution in [3.63, 3.8) is 0 Å². The van der Waals surface area contributed by atoms with Crippen molar-refractivity contribution in [2.45, 2.75) is 19.4 Å². The fraction of sp³-hybridized carbons (Fsp3) is 0.190. The lowest BCUT2D eigenvalue weighted by molar-refractivity contribution is 0.0944. The van der Waals surface area contributed by atoms with Crippen molar-refractivity contribution in [1.29, 1.82) is 0 Å². The minimum atomic E-state index is -1.16. The van der Waals surface area contributed by atoms with Gasteiger partial charge in [-0.05, 0) is 44.2 Å². The molecule has 166 valence electrons. The minimum Gasteiger partial charge on any atom is -0.421 e. The van der Waals surface area contributed by atoms with Crippen LogP contribution in [0.1, 0.15) is 13.8 Å². The summed E-state index contributed by atoms with van der Waals surface area (Å²) >= 11 is 0. The van der Waals surface area contributed by atoms with Crippen LogP contribution in [0, 0.1) is 23.3 Å². The first kappa shape index (κ1) is 21.5. The molecule has 32 heavy (non-hydrogen) atoms. The van der Waals surface area contributed by atoms with Crippen molar-refractivity contribution >= 4 is 16.9 Å². The average Bonchev–Trinajstić information content (AvgIpc) is 3.13. The van der Waals surface area contributed by atoms with E-state index in [1.165, 1.54) is 0 Å². The second-order valence-electron chi connectivity index (χ2n) is 7.62. The van der Waals surface area contributed by atoms with Gasteiger partial charge in [0.25, 0.3) is 0 Å². The van der Waals surface area contributed by atoms with Gasteiger partial charge in [-0.25, -0.2) is 17.6 Å². The molecule has 0 saturated heterocycles. The van der Waals surface area contributed by atoms with Gasteiger partial charge >= 0.3 is 6.01 Å². The smallest absolute Gasteiger partial charge is 0.326 e. The first-order chi connectivity index (χ1) is 15.1. The summed E-state index contributed by atoms with van der Waals surface area (Å²) in [5.41, 5.74) is -1.17. The lowest BCUT2D eigenvalue weighted by Gasteiger charge is -2.19. The molecule has 0 aliphatic heterocycles. The zero-order valence-corrected chi connectivity index (χ0v) is 16.9. The molecule has 0 bridgehead atoms. The number of aromatic amines is 1. The topological polar surface area (TPSA) is 95.9 Å². The summed E-state index contributed by atoms with van der Waals surface area (Å²) in [6, 6.07) is 5.31. The number of ether oxygens (including phenoxy) is 1. The van der Waals surface area contributed by atoms with Crippen molar-refractivity contribution in [1.82, 2.24) is 20.2 Å². The van der Waals surface area contributed by atoms with E-state index in [0.29, 0.717) is 6.07 Å². The maximum atomic E-state index is 14.4. The molecule has 0 radical (unpaired) electrons. The minimum absolute atomic E-state index is 0.00873. The molecule has 0 atom stereocenters. The highest BCUT2D eigenvalue weighted by molar-refractivity contribution is 5.99. The number of H-pyrrole nitrogens is 1. The number of hydrogen-bond donors (Lipinski definition) is 3. The van der Waals surface area contributed by atoms with Gasteiger partial charge in [0.15, 0.2) is 17.2 Å². The van der Waals surface area contributed by atoms with Crippen LogP contribution in [0.2, 0.25) is 0 Å². The van der Waals surface area contributed by atoms with Crippen molar-refractivity contribution < 1.29 is 27.4 Å². The van der Waals surface area contributed by atoms with Crippen LogP contribution in [-0.4, -0.2) is 37.4 Å². The SMILES string of the molecule is CC(C)(O)CNc1nc(Oc2ccc(F)cc2F)nc2n[nH]c(-c3cc(F)ccc3F)c12. The Kier molecular flexibility index (Phi) is 5.43. The molecule has 4 rings (SSSR count). The molecule has 11 heteroatoms. The van der Waals surface area contributed by atoms with Crippen LogP contribution in [-0.2, 0) is 0 Å². The van der Waals surface area contributed by atoms with E-state index in [9.17, 15) is 22.7 Å². The summed E-state index contributed by atoms with van der Waals surface area (Å²) in [6.45, 7) is 3.11. The Balaban J connectivity index is 1.84. The highest BCUT2D eigenvalue weighted by Gasteiger charge is 2.22. The first-order valence-corrected chi connectivity index (χ1v) is 9.41. The van der Waals surface area contributed by atoms with E-state index in [1.807, 2.05) is 0 Å². The molecule has 3 N–H and O–H groups in total. The number of fused-ring (bicyclic) bond motifs is 1. The lowest BCUT2D eigenvalue weighted by atomic mass is 10.1. The zero-order valence-electron chi connectivity index (χ0n) is 16.9.